The van der Waals surface area contributed by atoms with Crippen LogP contribution in [0, 0.1) is 6.92 Å². The van der Waals surface area contributed by atoms with Gasteiger partial charge in [0.15, 0.2) is 10.9 Å². The van der Waals surface area contributed by atoms with Gasteiger partial charge >= 0.3 is 6.18 Å². The molecule has 0 atom stereocenters. The molecule has 3 aromatic rings. The number of aromatic nitrogens is 2. The van der Waals surface area contributed by atoms with Crippen LogP contribution in [0.15, 0.2) is 65.8 Å². The smallest absolute Gasteiger partial charge is 0.433 e. The highest BCUT2D eigenvalue weighted by atomic mass is 32.2. The Hall–Kier alpha value is -2.54. The molecule has 0 radical (unpaired) electrons. The van der Waals surface area contributed by atoms with E-state index in [1.54, 1.807) is 30.3 Å². The van der Waals surface area contributed by atoms with Crippen molar-refractivity contribution in [3.05, 3.63) is 77.5 Å². The summed E-state index contributed by atoms with van der Waals surface area (Å²) in [7, 11) is 0. The Kier molecular flexibility index (Phi) is 5.46. The summed E-state index contributed by atoms with van der Waals surface area (Å²) in [5, 5.41) is 0.0198. The Labute approximate surface area is 153 Å². The van der Waals surface area contributed by atoms with Crippen LogP contribution in [0.2, 0.25) is 0 Å². The van der Waals surface area contributed by atoms with E-state index in [-0.39, 0.29) is 11.0 Å². The van der Waals surface area contributed by atoms with E-state index in [2.05, 4.69) is 9.97 Å². The van der Waals surface area contributed by atoms with E-state index in [1.807, 2.05) is 31.2 Å². The summed E-state index contributed by atoms with van der Waals surface area (Å²) >= 11 is 1.13. The van der Waals surface area contributed by atoms with Gasteiger partial charge in [-0.25, -0.2) is 4.98 Å². The van der Waals surface area contributed by atoms with Gasteiger partial charge in [-0.1, -0.05) is 59.8 Å². The van der Waals surface area contributed by atoms with Crippen molar-refractivity contribution in [1.29, 1.82) is 0 Å². The molecule has 0 aliphatic heterocycles. The summed E-state index contributed by atoms with van der Waals surface area (Å²) in [6.45, 7) is 1.97. The molecule has 134 valence electrons. The molecule has 2 aromatic carbocycles. The topological polar surface area (TPSA) is 35.0 Å². The van der Waals surface area contributed by atoms with Crippen molar-refractivity contribution >= 4 is 11.8 Å². The van der Waals surface area contributed by atoms with Crippen molar-refractivity contribution in [1.82, 2.24) is 9.97 Å². The van der Waals surface area contributed by atoms with E-state index in [1.165, 1.54) is 0 Å². The van der Waals surface area contributed by atoms with E-state index in [4.69, 9.17) is 4.74 Å². The zero-order chi connectivity index (χ0) is 18.6. The Balaban J connectivity index is 1.83. The van der Waals surface area contributed by atoms with E-state index < -0.39 is 11.9 Å². The molecule has 3 nitrogen and oxygen atoms in total. The van der Waals surface area contributed by atoms with Crippen LogP contribution in [0.3, 0.4) is 0 Å². The Morgan fingerprint density at radius 3 is 2.31 bits per heavy atom. The number of alkyl halides is 3. The molecule has 0 saturated carbocycles. The fraction of sp³-hybridized carbons (Fsp3) is 0.158. The van der Waals surface area contributed by atoms with E-state index in [0.717, 1.165) is 29.0 Å². The second-order valence-electron chi connectivity index (χ2n) is 5.56. The lowest BCUT2D eigenvalue weighted by Crippen LogP contribution is -2.10. The predicted octanol–water partition coefficient (Wildman–Crippen LogP) is 5.89. The Bertz CT molecular complexity index is 868. The Morgan fingerprint density at radius 2 is 1.65 bits per heavy atom. The molecule has 0 fully saturated rings. The molecule has 0 saturated heterocycles. The molecule has 0 aliphatic rings. The number of para-hydroxylation sites is 1. The minimum Gasteiger partial charge on any atom is -0.439 e. The lowest BCUT2D eigenvalue weighted by atomic mass is 10.2. The number of aryl methyl sites for hydroxylation is 1. The van der Waals surface area contributed by atoms with Gasteiger partial charge in [0, 0.05) is 11.8 Å². The number of rotatable bonds is 5. The molecule has 0 aliphatic carbocycles. The van der Waals surface area contributed by atoms with Gasteiger partial charge < -0.3 is 4.74 Å². The first-order valence-electron chi connectivity index (χ1n) is 7.78. The third-order valence-corrected chi connectivity index (χ3v) is 4.35. The van der Waals surface area contributed by atoms with E-state index in [0.29, 0.717) is 11.5 Å². The summed E-state index contributed by atoms with van der Waals surface area (Å²) in [5.74, 6) is 0.741. The maximum Gasteiger partial charge on any atom is 0.433 e. The van der Waals surface area contributed by atoms with Gasteiger partial charge in [-0.15, -0.1) is 0 Å². The maximum atomic E-state index is 13.1. The van der Waals surface area contributed by atoms with Crippen molar-refractivity contribution in [3.63, 3.8) is 0 Å². The van der Waals surface area contributed by atoms with E-state index >= 15 is 0 Å². The van der Waals surface area contributed by atoms with Crippen LogP contribution < -0.4 is 4.74 Å². The highest BCUT2D eigenvalue weighted by molar-refractivity contribution is 7.98. The largest absolute Gasteiger partial charge is 0.439 e. The van der Waals surface area contributed by atoms with E-state index in [9.17, 15) is 13.2 Å². The van der Waals surface area contributed by atoms with Gasteiger partial charge in [0.25, 0.3) is 0 Å². The highest BCUT2D eigenvalue weighted by Crippen LogP contribution is 2.33. The number of thioether (sulfide) groups is 1. The molecule has 0 unspecified atom stereocenters. The minimum atomic E-state index is -4.57. The molecule has 0 spiro atoms. The summed E-state index contributed by atoms with van der Waals surface area (Å²) in [4.78, 5) is 7.73. The molecule has 1 heterocycles. The van der Waals surface area contributed by atoms with Crippen molar-refractivity contribution < 1.29 is 17.9 Å². The van der Waals surface area contributed by atoms with Crippen molar-refractivity contribution in [2.24, 2.45) is 0 Å². The number of hydrogen-bond donors (Lipinski definition) is 0. The molecule has 26 heavy (non-hydrogen) atoms. The van der Waals surface area contributed by atoms with Crippen LogP contribution in [-0.4, -0.2) is 9.97 Å². The summed E-state index contributed by atoms with van der Waals surface area (Å²) in [6, 6.07) is 17.1. The van der Waals surface area contributed by atoms with Crippen LogP contribution in [0.1, 0.15) is 16.8 Å². The summed E-state index contributed by atoms with van der Waals surface area (Å²) in [6.07, 6.45) is -4.57. The number of ether oxygens (including phenoxy) is 1. The quantitative estimate of drug-likeness (QED) is 0.411. The number of halogens is 3. The molecular formula is C19H15F3N2OS. The minimum absolute atomic E-state index is 0.0198. The summed E-state index contributed by atoms with van der Waals surface area (Å²) < 4.78 is 44.9. The van der Waals surface area contributed by atoms with Crippen LogP contribution in [0.5, 0.6) is 11.6 Å². The highest BCUT2D eigenvalue weighted by Gasteiger charge is 2.34. The zero-order valence-corrected chi connectivity index (χ0v) is 14.6. The number of nitrogens with zero attached hydrogens (tertiary/aromatic N) is 2. The van der Waals surface area contributed by atoms with Crippen LogP contribution in [0.4, 0.5) is 13.2 Å². The average molecular weight is 376 g/mol. The van der Waals surface area contributed by atoms with Gasteiger partial charge in [-0.3, -0.25) is 0 Å². The third-order valence-electron chi connectivity index (χ3n) is 3.43. The van der Waals surface area contributed by atoms with Gasteiger partial charge in [-0.05, 0) is 24.6 Å². The monoisotopic (exact) mass is 376 g/mol. The van der Waals surface area contributed by atoms with Crippen molar-refractivity contribution in [2.45, 2.75) is 24.0 Å². The SMILES string of the molecule is Cc1ccc(CSc2nc(Oc3ccccc3)cc(C(F)(F)F)n2)cc1. The van der Waals surface area contributed by atoms with Crippen LogP contribution >= 0.6 is 11.8 Å². The van der Waals surface area contributed by atoms with Crippen molar-refractivity contribution in [3.8, 4) is 11.6 Å². The number of benzene rings is 2. The molecule has 0 amide bonds. The zero-order valence-electron chi connectivity index (χ0n) is 13.8. The van der Waals surface area contributed by atoms with Crippen LogP contribution in [-0.2, 0) is 11.9 Å². The lowest BCUT2D eigenvalue weighted by Gasteiger charge is -2.11. The fourth-order valence-electron chi connectivity index (χ4n) is 2.11. The molecule has 1 aromatic heterocycles. The Morgan fingerprint density at radius 1 is 0.962 bits per heavy atom. The maximum absolute atomic E-state index is 13.1. The summed E-state index contributed by atoms with van der Waals surface area (Å²) in [5.41, 5.74) is 1.07. The second-order valence-corrected chi connectivity index (χ2v) is 6.50. The normalized spacial score (nSPS) is 11.4. The first-order chi connectivity index (χ1) is 12.4. The van der Waals surface area contributed by atoms with Gasteiger partial charge in [0.1, 0.15) is 5.75 Å². The second kappa shape index (κ2) is 7.78. The molecule has 3 rings (SSSR count). The molecule has 0 bridgehead atoms. The lowest BCUT2D eigenvalue weighted by molar-refractivity contribution is -0.141. The first kappa shape index (κ1) is 18.3. The number of hydrogen-bond acceptors (Lipinski definition) is 4. The van der Waals surface area contributed by atoms with Crippen molar-refractivity contribution in [2.75, 3.05) is 0 Å². The van der Waals surface area contributed by atoms with Gasteiger partial charge in [0.2, 0.25) is 5.88 Å². The third kappa shape index (κ3) is 4.98. The average Bonchev–Trinajstić information content (AvgIpc) is 2.61. The standard InChI is InChI=1S/C19H15F3N2OS/c1-13-7-9-14(10-8-13)12-26-18-23-16(19(20,21)22)11-17(24-18)25-15-5-3-2-4-6-15/h2-11H,12H2,1H3. The molecule has 0 N–H and O–H groups in total. The molecule has 7 heteroatoms. The predicted molar refractivity (Wildman–Crippen MR) is 94.3 cm³/mol. The van der Waals surface area contributed by atoms with Gasteiger partial charge in [-0.2, -0.15) is 18.2 Å². The van der Waals surface area contributed by atoms with Gasteiger partial charge in [0.05, 0.1) is 0 Å². The first-order valence-corrected chi connectivity index (χ1v) is 8.76. The van der Waals surface area contributed by atoms with Crippen LogP contribution in [0.25, 0.3) is 0 Å². The fourth-order valence-corrected chi connectivity index (χ4v) is 2.91. The molecular weight excluding hydrogens is 361 g/mol.